The molecule has 0 aliphatic carbocycles. The van der Waals surface area contributed by atoms with Gasteiger partial charge in [0.25, 0.3) is 0 Å². The van der Waals surface area contributed by atoms with E-state index in [9.17, 15) is 5.11 Å². The highest BCUT2D eigenvalue weighted by atomic mass is 16.6. The summed E-state index contributed by atoms with van der Waals surface area (Å²) in [5.41, 5.74) is 5.22. The van der Waals surface area contributed by atoms with Gasteiger partial charge in [0.1, 0.15) is 19.3 Å². The molecule has 1 N–H and O–H groups in total. The highest BCUT2D eigenvalue weighted by Crippen LogP contribution is 2.36. The quantitative estimate of drug-likeness (QED) is 0.917. The lowest BCUT2D eigenvalue weighted by molar-refractivity contribution is 0.169. The molecule has 0 spiro atoms. The molecule has 0 amide bonds. The number of hydrogen-bond donors (Lipinski definition) is 1. The number of aryl methyl sites for hydroxylation is 3. The van der Waals surface area contributed by atoms with Gasteiger partial charge in [-0.3, -0.25) is 0 Å². The fraction of sp³-hybridized carbons (Fsp3) is 0.333. The molecule has 3 rings (SSSR count). The Hall–Kier alpha value is -2.00. The molecule has 0 fully saturated rings. The lowest BCUT2D eigenvalue weighted by Crippen LogP contribution is -2.16. The lowest BCUT2D eigenvalue weighted by atomic mass is 9.92. The van der Waals surface area contributed by atoms with Gasteiger partial charge >= 0.3 is 0 Å². The Morgan fingerprint density at radius 2 is 1.52 bits per heavy atom. The second kappa shape index (κ2) is 5.41. The maximum absolute atomic E-state index is 10.7. The van der Waals surface area contributed by atoms with Gasteiger partial charge in [0, 0.05) is 0 Å². The molecule has 0 saturated carbocycles. The average molecular weight is 284 g/mol. The summed E-state index contributed by atoms with van der Waals surface area (Å²) in [6.07, 6.45) is -0.651. The van der Waals surface area contributed by atoms with Crippen molar-refractivity contribution in [2.75, 3.05) is 13.2 Å². The van der Waals surface area contributed by atoms with Crippen LogP contribution in [0.15, 0.2) is 30.3 Å². The topological polar surface area (TPSA) is 38.7 Å². The van der Waals surface area contributed by atoms with Gasteiger partial charge in [0.2, 0.25) is 0 Å². The van der Waals surface area contributed by atoms with E-state index in [0.717, 1.165) is 28.0 Å². The third-order valence-electron chi connectivity index (χ3n) is 3.89. The summed E-state index contributed by atoms with van der Waals surface area (Å²) in [6.45, 7) is 7.27. The number of rotatable bonds is 2. The Morgan fingerprint density at radius 3 is 2.19 bits per heavy atom. The number of aliphatic hydroxyl groups excluding tert-OH is 1. The Balaban J connectivity index is 2.01. The molecule has 3 nitrogen and oxygen atoms in total. The van der Waals surface area contributed by atoms with Gasteiger partial charge in [0.05, 0.1) is 0 Å². The van der Waals surface area contributed by atoms with E-state index in [0.29, 0.717) is 19.0 Å². The highest BCUT2D eigenvalue weighted by molar-refractivity contribution is 5.48. The molecular formula is C18H20O3. The summed E-state index contributed by atoms with van der Waals surface area (Å²) >= 11 is 0. The van der Waals surface area contributed by atoms with E-state index in [1.807, 2.05) is 32.0 Å². The average Bonchev–Trinajstić information content (AvgIpc) is 2.45. The Morgan fingerprint density at radius 1 is 0.905 bits per heavy atom. The van der Waals surface area contributed by atoms with Crippen molar-refractivity contribution in [1.29, 1.82) is 0 Å². The first-order chi connectivity index (χ1) is 10.1. The molecule has 0 aromatic heterocycles. The molecule has 110 valence electrons. The summed E-state index contributed by atoms with van der Waals surface area (Å²) in [6, 6.07) is 9.84. The zero-order valence-corrected chi connectivity index (χ0v) is 12.6. The molecule has 21 heavy (non-hydrogen) atoms. The molecule has 1 aliphatic heterocycles. The molecule has 0 saturated heterocycles. The Bertz CT molecular complexity index is 653. The number of ether oxygens (including phenoxy) is 2. The number of hydrogen-bond acceptors (Lipinski definition) is 3. The van der Waals surface area contributed by atoms with Gasteiger partial charge in [-0.15, -0.1) is 0 Å². The van der Waals surface area contributed by atoms with Gasteiger partial charge in [-0.1, -0.05) is 23.8 Å². The monoisotopic (exact) mass is 284 g/mol. The molecule has 1 unspecified atom stereocenters. The summed E-state index contributed by atoms with van der Waals surface area (Å²) in [7, 11) is 0. The van der Waals surface area contributed by atoms with Crippen molar-refractivity contribution in [2.45, 2.75) is 26.9 Å². The van der Waals surface area contributed by atoms with E-state index in [2.05, 4.69) is 19.1 Å². The number of benzene rings is 2. The molecule has 0 radical (unpaired) electrons. The number of fused-ring (bicyclic) bond motifs is 1. The van der Waals surface area contributed by atoms with Crippen molar-refractivity contribution in [3.05, 3.63) is 58.1 Å². The second-order valence-electron chi connectivity index (χ2n) is 5.62. The molecule has 1 atom stereocenters. The van der Waals surface area contributed by atoms with E-state index in [4.69, 9.17) is 9.47 Å². The summed E-state index contributed by atoms with van der Waals surface area (Å²) in [5, 5.41) is 10.7. The number of aliphatic hydroxyl groups is 1. The van der Waals surface area contributed by atoms with Crippen molar-refractivity contribution in [3.8, 4) is 11.5 Å². The highest BCUT2D eigenvalue weighted by Gasteiger charge is 2.19. The first kappa shape index (κ1) is 14.0. The summed E-state index contributed by atoms with van der Waals surface area (Å²) in [5.74, 6) is 1.45. The van der Waals surface area contributed by atoms with Gasteiger partial charge < -0.3 is 14.6 Å². The molecule has 1 aliphatic rings. The molecule has 2 aromatic rings. The van der Waals surface area contributed by atoms with E-state index in [1.165, 1.54) is 5.56 Å². The van der Waals surface area contributed by atoms with Crippen LogP contribution in [0.1, 0.15) is 33.9 Å². The van der Waals surface area contributed by atoms with Crippen LogP contribution in [-0.2, 0) is 0 Å². The van der Waals surface area contributed by atoms with Crippen molar-refractivity contribution < 1.29 is 14.6 Å². The van der Waals surface area contributed by atoms with Crippen LogP contribution in [0.5, 0.6) is 11.5 Å². The minimum absolute atomic E-state index is 0.551. The Labute approximate surface area is 125 Å². The molecular weight excluding hydrogens is 264 g/mol. The maximum Gasteiger partial charge on any atom is 0.161 e. The predicted molar refractivity (Wildman–Crippen MR) is 82.1 cm³/mol. The minimum atomic E-state index is -0.651. The first-order valence-electron chi connectivity index (χ1n) is 7.21. The van der Waals surface area contributed by atoms with E-state index in [1.54, 1.807) is 0 Å². The molecule has 2 aromatic carbocycles. The van der Waals surface area contributed by atoms with Crippen LogP contribution in [0.4, 0.5) is 0 Å². The fourth-order valence-corrected chi connectivity index (χ4v) is 3.02. The SMILES string of the molecule is Cc1cc(C)c(C(O)c2ccc3c(c2)OCCO3)c(C)c1. The first-order valence-corrected chi connectivity index (χ1v) is 7.21. The van der Waals surface area contributed by atoms with Gasteiger partial charge in [-0.2, -0.15) is 0 Å². The van der Waals surface area contributed by atoms with Crippen LogP contribution in [0.2, 0.25) is 0 Å². The lowest BCUT2D eigenvalue weighted by Gasteiger charge is -2.22. The van der Waals surface area contributed by atoms with Crippen molar-refractivity contribution in [1.82, 2.24) is 0 Å². The zero-order valence-electron chi connectivity index (χ0n) is 12.6. The van der Waals surface area contributed by atoms with Crippen molar-refractivity contribution >= 4 is 0 Å². The standard InChI is InChI=1S/C18H20O3/c1-11-8-12(2)17(13(3)9-11)18(19)14-4-5-15-16(10-14)21-7-6-20-15/h4-5,8-10,18-19H,6-7H2,1-3H3. The second-order valence-corrected chi connectivity index (χ2v) is 5.62. The minimum Gasteiger partial charge on any atom is -0.486 e. The van der Waals surface area contributed by atoms with Crippen LogP contribution in [0.3, 0.4) is 0 Å². The molecule has 0 bridgehead atoms. The van der Waals surface area contributed by atoms with Gasteiger partial charge in [0.15, 0.2) is 11.5 Å². The van der Waals surface area contributed by atoms with Crippen LogP contribution in [0.25, 0.3) is 0 Å². The van der Waals surface area contributed by atoms with Crippen LogP contribution in [-0.4, -0.2) is 18.3 Å². The van der Waals surface area contributed by atoms with Crippen LogP contribution in [0, 0.1) is 20.8 Å². The third-order valence-corrected chi connectivity index (χ3v) is 3.89. The van der Waals surface area contributed by atoms with E-state index < -0.39 is 6.10 Å². The maximum atomic E-state index is 10.7. The smallest absolute Gasteiger partial charge is 0.161 e. The van der Waals surface area contributed by atoms with Gasteiger partial charge in [-0.25, -0.2) is 0 Å². The summed E-state index contributed by atoms with van der Waals surface area (Å²) < 4.78 is 11.1. The van der Waals surface area contributed by atoms with E-state index >= 15 is 0 Å². The van der Waals surface area contributed by atoms with Crippen LogP contribution >= 0.6 is 0 Å². The van der Waals surface area contributed by atoms with E-state index in [-0.39, 0.29) is 0 Å². The normalized spacial score (nSPS) is 14.9. The van der Waals surface area contributed by atoms with Crippen LogP contribution < -0.4 is 9.47 Å². The fourth-order valence-electron chi connectivity index (χ4n) is 3.02. The Kier molecular flexibility index (Phi) is 3.60. The predicted octanol–water partition coefficient (Wildman–Crippen LogP) is 3.46. The summed E-state index contributed by atoms with van der Waals surface area (Å²) in [4.78, 5) is 0. The van der Waals surface area contributed by atoms with Crippen molar-refractivity contribution in [2.24, 2.45) is 0 Å². The van der Waals surface area contributed by atoms with Gasteiger partial charge in [-0.05, 0) is 55.2 Å². The zero-order chi connectivity index (χ0) is 15.0. The van der Waals surface area contributed by atoms with Crippen molar-refractivity contribution in [3.63, 3.8) is 0 Å². The molecule has 1 heterocycles. The largest absolute Gasteiger partial charge is 0.486 e. The third kappa shape index (κ3) is 2.61. The molecule has 3 heteroatoms.